The van der Waals surface area contributed by atoms with E-state index in [4.69, 9.17) is 17.1 Å². The standard InChI is InChI=1S/C5H4ClN3O3/c1-11-5-3(8-9-7)2(6)4(10)12-5/h5H,1H3/t5-/m0/s1. The maximum atomic E-state index is 10.8. The summed E-state index contributed by atoms with van der Waals surface area (Å²) in [7, 11) is 1.31. The lowest BCUT2D eigenvalue weighted by atomic mass is 10.4. The van der Waals surface area contributed by atoms with E-state index < -0.39 is 12.3 Å². The molecule has 0 saturated heterocycles. The van der Waals surface area contributed by atoms with Crippen molar-refractivity contribution in [2.24, 2.45) is 5.11 Å². The molecule has 0 aromatic rings. The van der Waals surface area contributed by atoms with Crippen LogP contribution in [0.3, 0.4) is 0 Å². The van der Waals surface area contributed by atoms with Crippen molar-refractivity contribution in [1.82, 2.24) is 0 Å². The molecule has 1 rings (SSSR count). The highest BCUT2D eigenvalue weighted by atomic mass is 35.5. The predicted molar refractivity (Wildman–Crippen MR) is 38.9 cm³/mol. The molecule has 0 aliphatic carbocycles. The van der Waals surface area contributed by atoms with Crippen molar-refractivity contribution in [3.8, 4) is 0 Å². The van der Waals surface area contributed by atoms with E-state index in [0.717, 1.165) is 0 Å². The maximum absolute atomic E-state index is 10.8. The zero-order valence-corrected chi connectivity index (χ0v) is 6.78. The van der Waals surface area contributed by atoms with Gasteiger partial charge in [-0.3, -0.25) is 0 Å². The van der Waals surface area contributed by atoms with E-state index in [0.29, 0.717) is 0 Å². The molecule has 1 aliphatic rings. The van der Waals surface area contributed by atoms with Crippen LogP contribution in [-0.2, 0) is 14.3 Å². The van der Waals surface area contributed by atoms with Crippen LogP contribution in [0.4, 0.5) is 0 Å². The van der Waals surface area contributed by atoms with E-state index in [2.05, 4.69) is 19.5 Å². The highest BCUT2D eigenvalue weighted by Crippen LogP contribution is 2.26. The summed E-state index contributed by atoms with van der Waals surface area (Å²) in [4.78, 5) is 13.2. The monoisotopic (exact) mass is 189 g/mol. The molecule has 64 valence electrons. The fourth-order valence-electron chi connectivity index (χ4n) is 0.712. The van der Waals surface area contributed by atoms with Crippen molar-refractivity contribution in [2.45, 2.75) is 6.29 Å². The number of esters is 1. The van der Waals surface area contributed by atoms with E-state index in [9.17, 15) is 4.79 Å². The van der Waals surface area contributed by atoms with E-state index in [1.165, 1.54) is 7.11 Å². The lowest BCUT2D eigenvalue weighted by Gasteiger charge is -2.06. The Balaban J connectivity index is 3.02. The smallest absolute Gasteiger partial charge is 0.352 e. The Kier molecular flexibility index (Phi) is 2.54. The summed E-state index contributed by atoms with van der Waals surface area (Å²) >= 11 is 5.44. The molecule has 0 aromatic carbocycles. The van der Waals surface area contributed by atoms with Crippen LogP contribution >= 0.6 is 11.6 Å². The molecule has 0 N–H and O–H groups in total. The first-order chi connectivity index (χ1) is 5.70. The van der Waals surface area contributed by atoms with Crippen molar-refractivity contribution >= 4 is 17.6 Å². The van der Waals surface area contributed by atoms with Crippen molar-refractivity contribution in [1.29, 1.82) is 0 Å². The van der Waals surface area contributed by atoms with Crippen molar-refractivity contribution in [3.63, 3.8) is 0 Å². The van der Waals surface area contributed by atoms with Crippen LogP contribution in [0.15, 0.2) is 15.8 Å². The molecule has 1 heterocycles. The first kappa shape index (κ1) is 8.86. The van der Waals surface area contributed by atoms with Gasteiger partial charge in [0.1, 0.15) is 10.7 Å². The van der Waals surface area contributed by atoms with Crippen molar-refractivity contribution in [2.75, 3.05) is 7.11 Å². The van der Waals surface area contributed by atoms with Gasteiger partial charge in [-0.15, -0.1) is 0 Å². The SMILES string of the molecule is CO[C@H]1OC(=O)C(Cl)=C1N=[N+]=[N-]. The van der Waals surface area contributed by atoms with Crippen LogP contribution in [0.25, 0.3) is 10.4 Å². The number of azide groups is 1. The van der Waals surface area contributed by atoms with E-state index >= 15 is 0 Å². The largest absolute Gasteiger partial charge is 0.427 e. The van der Waals surface area contributed by atoms with Crippen LogP contribution in [0.1, 0.15) is 0 Å². The maximum Gasteiger partial charge on any atom is 0.352 e. The number of halogens is 1. The average molecular weight is 190 g/mol. The second-order valence-corrected chi connectivity index (χ2v) is 2.24. The second kappa shape index (κ2) is 3.44. The molecule has 0 aromatic heterocycles. The number of carbonyl (C=O) groups excluding carboxylic acids is 1. The third kappa shape index (κ3) is 1.35. The van der Waals surface area contributed by atoms with Gasteiger partial charge >= 0.3 is 5.97 Å². The molecule has 0 saturated carbocycles. The minimum atomic E-state index is -0.985. The molecule has 1 atom stereocenters. The predicted octanol–water partition coefficient (Wildman–Crippen LogP) is 1.28. The van der Waals surface area contributed by atoms with E-state index in [1.807, 2.05) is 0 Å². The molecule has 6 nitrogen and oxygen atoms in total. The zero-order chi connectivity index (χ0) is 9.14. The number of rotatable bonds is 2. The Labute approximate surface area is 72.3 Å². The van der Waals surface area contributed by atoms with Gasteiger partial charge in [0.25, 0.3) is 0 Å². The van der Waals surface area contributed by atoms with Crippen LogP contribution in [0.5, 0.6) is 0 Å². The molecular formula is C5H4ClN3O3. The van der Waals surface area contributed by atoms with E-state index in [1.54, 1.807) is 0 Å². The Morgan fingerprint density at radius 2 is 2.50 bits per heavy atom. The van der Waals surface area contributed by atoms with Gasteiger partial charge in [-0.05, 0) is 5.53 Å². The van der Waals surface area contributed by atoms with Crippen LogP contribution in [0.2, 0.25) is 0 Å². The van der Waals surface area contributed by atoms with Gasteiger partial charge in [-0.1, -0.05) is 16.7 Å². The number of cyclic esters (lactones) is 1. The summed E-state index contributed by atoms with van der Waals surface area (Å²) in [6, 6.07) is 0. The first-order valence-corrected chi connectivity index (χ1v) is 3.27. The molecule has 1 aliphatic heterocycles. The summed E-state index contributed by atoms with van der Waals surface area (Å²) in [5, 5.41) is 2.93. The first-order valence-electron chi connectivity index (χ1n) is 2.89. The van der Waals surface area contributed by atoms with Crippen molar-refractivity contribution in [3.05, 3.63) is 21.2 Å². The highest BCUT2D eigenvalue weighted by Gasteiger charge is 2.32. The quantitative estimate of drug-likeness (QED) is 0.284. The molecule has 0 amide bonds. The molecule has 12 heavy (non-hydrogen) atoms. The van der Waals surface area contributed by atoms with Gasteiger partial charge in [-0.2, -0.15) is 0 Å². The van der Waals surface area contributed by atoms with Gasteiger partial charge in [-0.25, -0.2) is 4.79 Å². The number of methoxy groups -OCH3 is 1. The summed E-state index contributed by atoms with van der Waals surface area (Å²) < 4.78 is 9.22. The summed E-state index contributed by atoms with van der Waals surface area (Å²) in [6.07, 6.45) is -0.985. The Morgan fingerprint density at radius 1 is 1.83 bits per heavy atom. The average Bonchev–Trinajstić information content (AvgIpc) is 2.33. The van der Waals surface area contributed by atoms with Gasteiger partial charge < -0.3 is 9.47 Å². The zero-order valence-electron chi connectivity index (χ0n) is 6.02. The highest BCUT2D eigenvalue weighted by molar-refractivity contribution is 6.42. The lowest BCUT2D eigenvalue weighted by Crippen LogP contribution is -2.12. The summed E-state index contributed by atoms with van der Waals surface area (Å²) in [5.41, 5.74) is 8.05. The molecule has 0 radical (unpaired) electrons. The Bertz CT molecular complexity index is 294. The number of hydrogen-bond acceptors (Lipinski definition) is 4. The normalized spacial score (nSPS) is 22.2. The minimum Gasteiger partial charge on any atom is -0.427 e. The Morgan fingerprint density at radius 3 is 3.00 bits per heavy atom. The third-order valence-corrected chi connectivity index (χ3v) is 1.56. The van der Waals surface area contributed by atoms with Crippen LogP contribution in [-0.4, -0.2) is 19.4 Å². The molecular weight excluding hydrogens is 186 g/mol. The fourth-order valence-corrected chi connectivity index (χ4v) is 0.883. The number of carbonyl (C=O) groups is 1. The molecule has 0 bridgehead atoms. The van der Waals surface area contributed by atoms with Gasteiger partial charge in [0, 0.05) is 12.0 Å². The van der Waals surface area contributed by atoms with Gasteiger partial charge in [0.15, 0.2) is 0 Å². The fraction of sp³-hybridized carbons (Fsp3) is 0.400. The third-order valence-electron chi connectivity index (χ3n) is 1.21. The lowest BCUT2D eigenvalue weighted by molar-refractivity contribution is -0.155. The Hall–Kier alpha value is -1.23. The van der Waals surface area contributed by atoms with Crippen molar-refractivity contribution < 1.29 is 14.3 Å². The minimum absolute atomic E-state index is 0.0355. The summed E-state index contributed by atoms with van der Waals surface area (Å²) in [6.45, 7) is 0. The van der Waals surface area contributed by atoms with Gasteiger partial charge in [0.2, 0.25) is 6.29 Å². The number of hydrogen-bond donors (Lipinski definition) is 0. The van der Waals surface area contributed by atoms with Crippen LogP contribution in [0, 0.1) is 0 Å². The molecule has 0 fully saturated rings. The van der Waals surface area contributed by atoms with Crippen LogP contribution < -0.4 is 0 Å². The topological polar surface area (TPSA) is 84.3 Å². The van der Waals surface area contributed by atoms with E-state index in [-0.39, 0.29) is 10.7 Å². The number of nitrogens with zero attached hydrogens (tertiary/aromatic N) is 3. The molecule has 0 spiro atoms. The summed E-state index contributed by atoms with van der Waals surface area (Å²) in [5.74, 6) is -0.745. The number of ether oxygens (including phenoxy) is 2. The second-order valence-electron chi connectivity index (χ2n) is 1.86. The van der Waals surface area contributed by atoms with Gasteiger partial charge in [0.05, 0.1) is 0 Å². The molecule has 0 unspecified atom stereocenters. The molecule has 7 heteroatoms.